The van der Waals surface area contributed by atoms with Crippen LogP contribution in [-0.2, 0) is 32.2 Å². The molecule has 0 spiro atoms. The molecule has 0 aliphatic heterocycles. The second-order valence-corrected chi connectivity index (χ2v) is 6.01. The van der Waals surface area contributed by atoms with E-state index >= 15 is 0 Å². The number of hydrogen-bond donors (Lipinski definition) is 3. The van der Waals surface area contributed by atoms with Crippen LogP contribution >= 0.6 is 0 Å². The van der Waals surface area contributed by atoms with Crippen LogP contribution in [0.1, 0.15) is 18.1 Å². The third-order valence-corrected chi connectivity index (χ3v) is 3.80. The number of carboxylic acid groups (broad SMARTS) is 1. The minimum Gasteiger partial charge on any atom is -0.480 e. The standard InChI is InChI=1S/C20H22N2O6/c1-14(28-22-20(26)27-13-16-10-6-3-7-11-16)18(23)21-17(19(24)25)12-15-8-4-2-5-9-15/h2-11,14,17H,12-13H2,1H3,(H,21,23)(H,22,26)(H,24,25)/t14-,17-/m0/s1. The van der Waals surface area contributed by atoms with Gasteiger partial charge in [-0.3, -0.25) is 9.63 Å². The number of benzene rings is 2. The van der Waals surface area contributed by atoms with Gasteiger partial charge in [-0.1, -0.05) is 60.7 Å². The van der Waals surface area contributed by atoms with E-state index in [0.717, 1.165) is 11.1 Å². The highest BCUT2D eigenvalue weighted by Crippen LogP contribution is 2.04. The van der Waals surface area contributed by atoms with Crippen LogP contribution in [0.4, 0.5) is 4.79 Å². The fraction of sp³-hybridized carbons (Fsp3) is 0.250. The Hall–Kier alpha value is -3.39. The van der Waals surface area contributed by atoms with Gasteiger partial charge in [-0.05, 0) is 18.1 Å². The second-order valence-electron chi connectivity index (χ2n) is 6.01. The maximum absolute atomic E-state index is 12.1. The molecular formula is C20H22N2O6. The molecule has 8 nitrogen and oxygen atoms in total. The highest BCUT2D eigenvalue weighted by Gasteiger charge is 2.24. The lowest BCUT2D eigenvalue weighted by Crippen LogP contribution is -2.48. The zero-order valence-electron chi connectivity index (χ0n) is 15.3. The predicted octanol–water partition coefficient (Wildman–Crippen LogP) is 2.04. The van der Waals surface area contributed by atoms with Gasteiger partial charge < -0.3 is 15.2 Å². The van der Waals surface area contributed by atoms with Crippen molar-refractivity contribution in [1.82, 2.24) is 10.8 Å². The van der Waals surface area contributed by atoms with Crippen molar-refractivity contribution in [3.63, 3.8) is 0 Å². The van der Waals surface area contributed by atoms with Crippen LogP contribution in [0.5, 0.6) is 0 Å². The summed E-state index contributed by atoms with van der Waals surface area (Å²) in [5.74, 6) is -1.84. The van der Waals surface area contributed by atoms with Crippen molar-refractivity contribution in [3.05, 3.63) is 71.8 Å². The molecule has 2 rings (SSSR count). The molecule has 3 N–H and O–H groups in total. The quantitative estimate of drug-likeness (QED) is 0.569. The van der Waals surface area contributed by atoms with E-state index in [0.29, 0.717) is 0 Å². The number of nitrogens with one attached hydrogen (secondary N) is 2. The Morgan fingerprint density at radius 3 is 2.11 bits per heavy atom. The van der Waals surface area contributed by atoms with Crippen molar-refractivity contribution >= 4 is 18.0 Å². The Balaban J connectivity index is 1.77. The number of carbonyl (C=O) groups is 3. The van der Waals surface area contributed by atoms with Gasteiger partial charge in [0.2, 0.25) is 0 Å². The van der Waals surface area contributed by atoms with Crippen LogP contribution in [0, 0.1) is 0 Å². The maximum Gasteiger partial charge on any atom is 0.431 e. The fourth-order valence-corrected chi connectivity index (χ4v) is 2.28. The summed E-state index contributed by atoms with van der Waals surface area (Å²) in [6.45, 7) is 1.43. The molecule has 2 aromatic rings. The van der Waals surface area contributed by atoms with Crippen molar-refractivity contribution in [1.29, 1.82) is 0 Å². The van der Waals surface area contributed by atoms with E-state index in [1.807, 2.05) is 29.7 Å². The first-order chi connectivity index (χ1) is 13.5. The first-order valence-corrected chi connectivity index (χ1v) is 8.65. The van der Waals surface area contributed by atoms with Crippen LogP contribution in [0.3, 0.4) is 0 Å². The summed E-state index contributed by atoms with van der Waals surface area (Å²) >= 11 is 0. The molecule has 8 heteroatoms. The molecule has 0 saturated heterocycles. The molecule has 0 unspecified atom stereocenters. The molecule has 0 bridgehead atoms. The van der Waals surface area contributed by atoms with Gasteiger partial charge in [0.15, 0.2) is 6.10 Å². The van der Waals surface area contributed by atoms with E-state index < -0.39 is 30.1 Å². The van der Waals surface area contributed by atoms with Gasteiger partial charge in [-0.15, -0.1) is 0 Å². The van der Waals surface area contributed by atoms with Gasteiger partial charge in [0.05, 0.1) is 0 Å². The number of rotatable bonds is 9. The minimum atomic E-state index is -1.17. The first kappa shape index (κ1) is 20.9. The van der Waals surface area contributed by atoms with E-state index in [1.54, 1.807) is 36.4 Å². The SMILES string of the molecule is C[C@H](ONC(=O)OCc1ccccc1)C(=O)N[C@@H](Cc1ccccc1)C(=O)O. The number of ether oxygens (including phenoxy) is 1. The molecule has 0 fully saturated rings. The van der Waals surface area contributed by atoms with Crippen LogP contribution in [-0.4, -0.2) is 35.2 Å². The van der Waals surface area contributed by atoms with Gasteiger partial charge in [0.1, 0.15) is 12.6 Å². The Bertz CT molecular complexity index is 782. The van der Waals surface area contributed by atoms with Crippen molar-refractivity contribution in [2.45, 2.75) is 32.1 Å². The van der Waals surface area contributed by atoms with E-state index in [9.17, 15) is 19.5 Å². The largest absolute Gasteiger partial charge is 0.480 e. The Morgan fingerprint density at radius 1 is 0.964 bits per heavy atom. The number of hydroxylamine groups is 1. The van der Waals surface area contributed by atoms with Crippen molar-refractivity contribution in [2.75, 3.05) is 0 Å². The summed E-state index contributed by atoms with van der Waals surface area (Å²) in [6.07, 6.45) is -1.84. The summed E-state index contributed by atoms with van der Waals surface area (Å²) in [6, 6.07) is 16.9. The lowest BCUT2D eigenvalue weighted by Gasteiger charge is -2.18. The Kier molecular flexibility index (Phi) is 7.98. The average molecular weight is 386 g/mol. The zero-order valence-corrected chi connectivity index (χ0v) is 15.3. The third-order valence-electron chi connectivity index (χ3n) is 3.80. The van der Waals surface area contributed by atoms with Gasteiger partial charge in [0.25, 0.3) is 5.91 Å². The highest BCUT2D eigenvalue weighted by atomic mass is 16.7. The summed E-state index contributed by atoms with van der Waals surface area (Å²) < 4.78 is 4.96. The van der Waals surface area contributed by atoms with Crippen molar-refractivity contribution in [2.24, 2.45) is 0 Å². The van der Waals surface area contributed by atoms with Crippen LogP contribution in [0.2, 0.25) is 0 Å². The van der Waals surface area contributed by atoms with Gasteiger partial charge in [0, 0.05) is 6.42 Å². The number of carbonyl (C=O) groups excluding carboxylic acids is 2. The Morgan fingerprint density at radius 2 is 1.54 bits per heavy atom. The van der Waals surface area contributed by atoms with Crippen LogP contribution in [0.25, 0.3) is 0 Å². The normalized spacial score (nSPS) is 12.5. The van der Waals surface area contributed by atoms with E-state index in [-0.39, 0.29) is 13.0 Å². The number of amides is 2. The monoisotopic (exact) mass is 386 g/mol. The molecule has 148 valence electrons. The summed E-state index contributed by atoms with van der Waals surface area (Å²) in [7, 11) is 0. The topological polar surface area (TPSA) is 114 Å². The third kappa shape index (κ3) is 7.08. The molecule has 0 aliphatic carbocycles. The van der Waals surface area contributed by atoms with Gasteiger partial charge >= 0.3 is 12.1 Å². The fourth-order valence-electron chi connectivity index (χ4n) is 2.28. The van der Waals surface area contributed by atoms with E-state index in [4.69, 9.17) is 9.57 Å². The molecule has 2 amide bonds. The van der Waals surface area contributed by atoms with E-state index in [2.05, 4.69) is 5.32 Å². The van der Waals surface area contributed by atoms with Crippen LogP contribution in [0.15, 0.2) is 60.7 Å². The molecule has 2 aromatic carbocycles. The minimum absolute atomic E-state index is 0.0504. The first-order valence-electron chi connectivity index (χ1n) is 8.65. The summed E-state index contributed by atoms with van der Waals surface area (Å²) in [5, 5.41) is 11.7. The predicted molar refractivity (Wildman–Crippen MR) is 100 cm³/mol. The maximum atomic E-state index is 12.1. The van der Waals surface area contributed by atoms with Crippen molar-refractivity contribution < 1.29 is 29.1 Å². The van der Waals surface area contributed by atoms with Crippen molar-refractivity contribution in [3.8, 4) is 0 Å². The number of carboxylic acids is 1. The molecule has 0 radical (unpaired) electrons. The average Bonchev–Trinajstić information content (AvgIpc) is 2.71. The molecule has 0 saturated carbocycles. The zero-order chi connectivity index (χ0) is 20.4. The molecule has 0 aromatic heterocycles. The summed E-state index contributed by atoms with van der Waals surface area (Å²) in [4.78, 5) is 40.1. The number of aliphatic carboxylic acids is 1. The lowest BCUT2D eigenvalue weighted by atomic mass is 10.1. The van der Waals surface area contributed by atoms with Crippen LogP contribution < -0.4 is 10.8 Å². The van der Waals surface area contributed by atoms with Gasteiger partial charge in [-0.25, -0.2) is 9.59 Å². The molecular weight excluding hydrogens is 364 g/mol. The molecule has 28 heavy (non-hydrogen) atoms. The molecule has 0 heterocycles. The summed E-state index contributed by atoms with van der Waals surface area (Å²) in [5.41, 5.74) is 3.59. The lowest BCUT2D eigenvalue weighted by molar-refractivity contribution is -0.145. The second kappa shape index (κ2) is 10.7. The number of hydrogen-bond acceptors (Lipinski definition) is 5. The smallest absolute Gasteiger partial charge is 0.431 e. The Labute approximate surface area is 162 Å². The molecule has 0 aliphatic rings. The molecule has 2 atom stereocenters. The highest BCUT2D eigenvalue weighted by molar-refractivity contribution is 5.86. The van der Waals surface area contributed by atoms with E-state index in [1.165, 1.54) is 6.92 Å². The van der Waals surface area contributed by atoms with Gasteiger partial charge in [-0.2, -0.15) is 5.48 Å².